The smallest absolute Gasteiger partial charge is 0.355 e. The second-order valence-corrected chi connectivity index (χ2v) is 10.3. The lowest BCUT2D eigenvalue weighted by molar-refractivity contribution is 0.0591. The molecule has 3 aromatic carbocycles. The summed E-state index contributed by atoms with van der Waals surface area (Å²) < 4.78 is 35.1. The molecule has 0 amide bonds. The number of benzene rings is 3. The van der Waals surface area contributed by atoms with Crippen LogP contribution in [0.5, 0.6) is 28.7 Å². The van der Waals surface area contributed by atoms with Crippen molar-refractivity contribution in [2.45, 2.75) is 6.61 Å². The average Bonchev–Trinajstić information content (AvgIpc) is 3.56. The van der Waals surface area contributed by atoms with Crippen LogP contribution in [0.15, 0.2) is 70.8 Å². The maximum atomic E-state index is 14.3. The Labute approximate surface area is 251 Å². The molecule has 0 aliphatic heterocycles. The van der Waals surface area contributed by atoms with Gasteiger partial charge in [-0.05, 0) is 65.5 Å². The minimum absolute atomic E-state index is 0.0200. The van der Waals surface area contributed by atoms with Gasteiger partial charge in [-0.15, -0.1) is 11.3 Å². The van der Waals surface area contributed by atoms with E-state index in [1.54, 1.807) is 59.9 Å². The average molecular weight is 603 g/mol. The van der Waals surface area contributed by atoms with E-state index in [0.29, 0.717) is 56.6 Å². The van der Waals surface area contributed by atoms with Gasteiger partial charge in [0.2, 0.25) is 5.75 Å². The SMILES string of the molecule is COC(=O)c1c(-c2cc(OC)c(OC)c(OC)c2)c2cc(OC)c(OCc3cccs3)cc2c(=O)n1-c1ccc(N)cc1. The van der Waals surface area contributed by atoms with Crippen LogP contribution in [0.1, 0.15) is 15.4 Å². The molecular formula is C32H30N2O8S. The standard InChI is InChI=1S/C32H30N2O8S/c1-37-24-15-22-23(16-25(24)42-17-21-7-6-12-43-21)31(35)34(20-10-8-19(33)9-11-20)29(32(36)41-5)28(22)18-13-26(38-2)30(40-4)27(14-18)39-3/h6-16H,17,33H2,1-5H3. The topological polar surface area (TPSA) is 120 Å². The molecule has 0 radical (unpaired) electrons. The molecule has 2 aromatic heterocycles. The van der Waals surface area contributed by atoms with Gasteiger partial charge in [-0.3, -0.25) is 9.36 Å². The van der Waals surface area contributed by atoms with Gasteiger partial charge in [0.15, 0.2) is 23.0 Å². The van der Waals surface area contributed by atoms with E-state index in [1.807, 2.05) is 17.5 Å². The van der Waals surface area contributed by atoms with Crippen LogP contribution in [-0.4, -0.2) is 46.1 Å². The Bertz CT molecular complexity index is 1820. The number of nitrogens with zero attached hydrogens (tertiary/aromatic N) is 1. The van der Waals surface area contributed by atoms with Crippen molar-refractivity contribution in [3.63, 3.8) is 0 Å². The first kappa shape index (κ1) is 29.3. The molecule has 0 aliphatic rings. The summed E-state index contributed by atoms with van der Waals surface area (Å²) in [4.78, 5) is 28.9. The van der Waals surface area contributed by atoms with Gasteiger partial charge < -0.3 is 34.2 Å². The minimum Gasteiger partial charge on any atom is -0.493 e. The first-order valence-electron chi connectivity index (χ1n) is 13.1. The van der Waals surface area contributed by atoms with Crippen molar-refractivity contribution < 1.29 is 33.2 Å². The first-order valence-corrected chi connectivity index (χ1v) is 13.9. The number of carbonyl (C=O) groups is 1. The van der Waals surface area contributed by atoms with E-state index in [9.17, 15) is 9.59 Å². The quantitative estimate of drug-likeness (QED) is 0.158. The summed E-state index contributed by atoms with van der Waals surface area (Å²) in [6, 6.07) is 17.2. The van der Waals surface area contributed by atoms with Crippen LogP contribution in [-0.2, 0) is 11.3 Å². The molecular weight excluding hydrogens is 572 g/mol. The third kappa shape index (κ3) is 5.42. The summed E-state index contributed by atoms with van der Waals surface area (Å²) in [7, 11) is 7.26. The Hall–Kier alpha value is -5.16. The van der Waals surface area contributed by atoms with Crippen molar-refractivity contribution in [3.05, 3.63) is 87.0 Å². The molecule has 5 aromatic rings. The lowest BCUT2D eigenvalue weighted by Crippen LogP contribution is -2.27. The molecule has 0 fully saturated rings. The fraction of sp³-hybridized carbons (Fsp3) is 0.188. The molecule has 0 bridgehead atoms. The van der Waals surface area contributed by atoms with Crippen LogP contribution in [0.4, 0.5) is 5.69 Å². The molecule has 0 atom stereocenters. The van der Waals surface area contributed by atoms with Gasteiger partial charge in [0.05, 0.1) is 40.9 Å². The Kier molecular flexibility index (Phi) is 8.44. The molecule has 0 spiro atoms. The number of rotatable bonds is 10. The third-order valence-electron chi connectivity index (χ3n) is 6.90. The fourth-order valence-electron chi connectivity index (χ4n) is 4.90. The number of aromatic nitrogens is 1. The molecule has 2 heterocycles. The number of hydrogen-bond acceptors (Lipinski definition) is 10. The number of nitrogens with two attached hydrogens (primary N) is 1. The molecule has 43 heavy (non-hydrogen) atoms. The second-order valence-electron chi connectivity index (χ2n) is 9.28. The molecule has 2 N–H and O–H groups in total. The minimum atomic E-state index is -0.739. The van der Waals surface area contributed by atoms with Crippen molar-refractivity contribution in [1.82, 2.24) is 4.57 Å². The van der Waals surface area contributed by atoms with Gasteiger partial charge in [0.25, 0.3) is 5.56 Å². The van der Waals surface area contributed by atoms with Gasteiger partial charge in [0.1, 0.15) is 12.3 Å². The number of methoxy groups -OCH3 is 5. The van der Waals surface area contributed by atoms with E-state index in [-0.39, 0.29) is 17.7 Å². The normalized spacial score (nSPS) is 10.8. The van der Waals surface area contributed by atoms with Gasteiger partial charge in [-0.2, -0.15) is 0 Å². The van der Waals surface area contributed by atoms with E-state index in [1.165, 1.54) is 40.1 Å². The largest absolute Gasteiger partial charge is 0.493 e. The summed E-state index contributed by atoms with van der Waals surface area (Å²) in [6.45, 7) is 0.283. The molecule has 11 heteroatoms. The molecule has 0 saturated heterocycles. The molecule has 5 rings (SSSR count). The van der Waals surface area contributed by atoms with Crippen molar-refractivity contribution in [2.24, 2.45) is 0 Å². The lowest BCUT2D eigenvalue weighted by Gasteiger charge is -2.21. The molecule has 0 saturated carbocycles. The summed E-state index contributed by atoms with van der Waals surface area (Å²) in [5, 5.41) is 2.65. The first-order chi connectivity index (χ1) is 20.8. The zero-order valence-corrected chi connectivity index (χ0v) is 25.1. The van der Waals surface area contributed by atoms with Crippen LogP contribution in [0.3, 0.4) is 0 Å². The Morgan fingerprint density at radius 1 is 0.814 bits per heavy atom. The van der Waals surface area contributed by atoms with Crippen molar-refractivity contribution in [1.29, 1.82) is 0 Å². The van der Waals surface area contributed by atoms with E-state index >= 15 is 0 Å². The van der Waals surface area contributed by atoms with E-state index < -0.39 is 11.5 Å². The number of fused-ring (bicyclic) bond motifs is 1. The zero-order valence-electron chi connectivity index (χ0n) is 24.3. The highest BCUT2D eigenvalue weighted by Crippen LogP contribution is 2.45. The highest BCUT2D eigenvalue weighted by Gasteiger charge is 2.28. The van der Waals surface area contributed by atoms with Crippen LogP contribution < -0.4 is 35.0 Å². The Balaban J connectivity index is 1.92. The zero-order chi connectivity index (χ0) is 30.7. The van der Waals surface area contributed by atoms with Crippen LogP contribution in [0.25, 0.3) is 27.6 Å². The fourth-order valence-corrected chi connectivity index (χ4v) is 5.51. The third-order valence-corrected chi connectivity index (χ3v) is 7.75. The van der Waals surface area contributed by atoms with Crippen LogP contribution in [0.2, 0.25) is 0 Å². The molecule has 222 valence electrons. The number of carbonyl (C=O) groups excluding carboxylic acids is 1. The van der Waals surface area contributed by atoms with E-state index in [0.717, 1.165) is 4.88 Å². The Morgan fingerprint density at radius 3 is 2.02 bits per heavy atom. The van der Waals surface area contributed by atoms with Crippen molar-refractivity contribution in [2.75, 3.05) is 41.3 Å². The number of ether oxygens (including phenoxy) is 6. The van der Waals surface area contributed by atoms with Gasteiger partial charge in [-0.25, -0.2) is 4.79 Å². The maximum Gasteiger partial charge on any atom is 0.355 e. The van der Waals surface area contributed by atoms with Crippen LogP contribution >= 0.6 is 11.3 Å². The van der Waals surface area contributed by atoms with Gasteiger partial charge in [-0.1, -0.05) is 6.07 Å². The van der Waals surface area contributed by atoms with Gasteiger partial charge in [0, 0.05) is 27.2 Å². The summed E-state index contributed by atoms with van der Waals surface area (Å²) >= 11 is 1.55. The van der Waals surface area contributed by atoms with Gasteiger partial charge >= 0.3 is 5.97 Å². The number of hydrogen-bond donors (Lipinski definition) is 1. The summed E-state index contributed by atoms with van der Waals surface area (Å²) in [5.74, 6) is 1.08. The molecule has 10 nitrogen and oxygen atoms in total. The lowest BCUT2D eigenvalue weighted by atomic mass is 9.95. The Morgan fingerprint density at radius 2 is 1.47 bits per heavy atom. The van der Waals surface area contributed by atoms with Crippen LogP contribution in [0, 0.1) is 0 Å². The number of anilines is 1. The second kappa shape index (κ2) is 12.4. The highest BCUT2D eigenvalue weighted by atomic mass is 32.1. The molecule has 0 unspecified atom stereocenters. The summed E-state index contributed by atoms with van der Waals surface area (Å²) in [5.41, 5.74) is 7.23. The summed E-state index contributed by atoms with van der Waals surface area (Å²) in [6.07, 6.45) is 0. The maximum absolute atomic E-state index is 14.3. The number of nitrogen functional groups attached to an aromatic ring is 1. The predicted molar refractivity (Wildman–Crippen MR) is 166 cm³/mol. The van der Waals surface area contributed by atoms with E-state index in [4.69, 9.17) is 34.2 Å². The van der Waals surface area contributed by atoms with Crippen molar-refractivity contribution >= 4 is 33.8 Å². The number of pyridine rings is 1. The van der Waals surface area contributed by atoms with Crippen molar-refractivity contribution in [3.8, 4) is 45.6 Å². The predicted octanol–water partition coefficient (Wildman–Crippen LogP) is 5.70. The monoisotopic (exact) mass is 602 g/mol. The van der Waals surface area contributed by atoms with E-state index in [2.05, 4.69) is 0 Å². The number of thiophene rings is 1. The number of esters is 1. The highest BCUT2D eigenvalue weighted by molar-refractivity contribution is 7.09. The molecule has 0 aliphatic carbocycles.